The van der Waals surface area contributed by atoms with Crippen LogP contribution in [0.1, 0.15) is 36.3 Å². The van der Waals surface area contributed by atoms with Gasteiger partial charge in [-0.3, -0.25) is 13.7 Å². The van der Waals surface area contributed by atoms with Crippen molar-refractivity contribution in [1.29, 1.82) is 0 Å². The van der Waals surface area contributed by atoms with Crippen LogP contribution in [0, 0.1) is 13.8 Å². The quantitative estimate of drug-likeness (QED) is 0.266. The maximum absolute atomic E-state index is 12.9. The Labute approximate surface area is 197 Å². The Bertz CT molecular complexity index is 1180. The Morgan fingerprint density at radius 2 is 1.84 bits per heavy atom. The number of hydrogen-bond donors (Lipinski definition) is 1. The van der Waals surface area contributed by atoms with Crippen LogP contribution in [0.2, 0.25) is 0 Å². The van der Waals surface area contributed by atoms with Gasteiger partial charge in [0.2, 0.25) is 0 Å². The molecule has 0 saturated heterocycles. The first kappa shape index (κ1) is 24.2. The number of aromatic nitrogens is 2. The summed E-state index contributed by atoms with van der Waals surface area (Å²) in [5, 5.41) is 0. The molecule has 0 aliphatic carbocycles. The van der Waals surface area contributed by atoms with Crippen molar-refractivity contribution < 1.29 is 12.8 Å². The third-order valence-electron chi connectivity index (χ3n) is 4.75. The van der Waals surface area contributed by atoms with E-state index in [2.05, 4.69) is 25.6 Å². The van der Waals surface area contributed by atoms with Gasteiger partial charge in [-0.05, 0) is 56.7 Å². The molecule has 0 radical (unpaired) electrons. The predicted octanol–water partition coefficient (Wildman–Crippen LogP) is 5.53. The first-order valence-corrected chi connectivity index (χ1v) is 13.8. The normalized spacial score (nSPS) is 11.9. The monoisotopic (exact) mass is 547 g/mol. The molecule has 0 fully saturated rings. The second-order valence-corrected chi connectivity index (χ2v) is 12.2. The highest BCUT2D eigenvalue weighted by molar-refractivity contribution is 9.10. The highest BCUT2D eigenvalue weighted by atomic mass is 79.9. The number of hydrogen-bond acceptors (Lipinski definition) is 6. The maximum Gasteiger partial charge on any atom is 0.354 e. The number of sulfonamides is 1. The van der Waals surface area contributed by atoms with Gasteiger partial charge in [0, 0.05) is 15.0 Å². The summed E-state index contributed by atoms with van der Waals surface area (Å²) in [6, 6.07) is 6.24. The van der Waals surface area contributed by atoms with Crippen molar-refractivity contribution in [2.75, 3.05) is 17.1 Å². The van der Waals surface area contributed by atoms with Gasteiger partial charge in [-0.1, -0.05) is 28.8 Å². The lowest BCUT2D eigenvalue weighted by molar-refractivity contribution is 0.455. The third kappa shape index (κ3) is 5.68. The fraction of sp³-hybridized carbons (Fsp3) is 0.400. The SMILES string of the molecule is Cc1sc(SCCCCCCF)c2c(NS(=O)(=O)c3ccc(Br)cc3)nc(=O)n-2c1C. The number of unbranched alkanes of at least 4 members (excludes halogenated alkanes) is 3. The second-order valence-electron chi connectivity index (χ2n) is 6.97. The molecule has 0 bridgehead atoms. The molecule has 31 heavy (non-hydrogen) atoms. The summed E-state index contributed by atoms with van der Waals surface area (Å²) in [6.07, 6.45) is 3.26. The van der Waals surface area contributed by atoms with Gasteiger partial charge in [0.05, 0.1) is 15.8 Å². The van der Waals surface area contributed by atoms with Gasteiger partial charge in [0.15, 0.2) is 5.82 Å². The van der Waals surface area contributed by atoms with Crippen LogP contribution in [0.3, 0.4) is 0 Å². The Morgan fingerprint density at radius 3 is 2.52 bits per heavy atom. The van der Waals surface area contributed by atoms with E-state index in [1.807, 2.05) is 13.8 Å². The van der Waals surface area contributed by atoms with Crippen LogP contribution < -0.4 is 10.4 Å². The van der Waals surface area contributed by atoms with Gasteiger partial charge in [0.25, 0.3) is 10.0 Å². The zero-order chi connectivity index (χ0) is 22.6. The fourth-order valence-electron chi connectivity index (χ4n) is 3.00. The molecule has 11 heteroatoms. The lowest BCUT2D eigenvalue weighted by Crippen LogP contribution is -2.17. The van der Waals surface area contributed by atoms with Crippen LogP contribution in [0.25, 0.3) is 5.69 Å². The van der Waals surface area contributed by atoms with Crippen molar-refractivity contribution in [3.63, 3.8) is 0 Å². The molecule has 1 N–H and O–H groups in total. The standard InChI is InChI=1S/C20H23BrFN3O3S3/c1-13-14(2)30-19(29-12-6-4-3-5-11-22)17-18(23-20(26)25(13)17)24-31(27,28)16-9-7-15(21)8-10-16/h7-10H,3-6,11-12H2,1-2H3,(H,23,24,26). The Balaban J connectivity index is 1.93. The van der Waals surface area contributed by atoms with Gasteiger partial charge in [0.1, 0.15) is 5.69 Å². The number of alkyl halides is 1. The van der Waals surface area contributed by atoms with Crippen molar-refractivity contribution in [3.05, 3.63) is 49.8 Å². The van der Waals surface area contributed by atoms with Gasteiger partial charge < -0.3 is 0 Å². The molecule has 0 amide bonds. The Morgan fingerprint density at radius 1 is 1.16 bits per heavy atom. The lowest BCUT2D eigenvalue weighted by atomic mass is 10.2. The third-order valence-corrected chi connectivity index (χ3v) is 9.16. The van der Waals surface area contributed by atoms with Gasteiger partial charge in [-0.25, -0.2) is 13.2 Å². The first-order valence-electron chi connectivity index (χ1n) is 9.74. The van der Waals surface area contributed by atoms with E-state index in [9.17, 15) is 17.6 Å². The fourth-order valence-corrected chi connectivity index (χ4v) is 6.80. The highest BCUT2D eigenvalue weighted by Gasteiger charge is 2.26. The number of fused-ring (bicyclic) bond motifs is 1. The largest absolute Gasteiger partial charge is 0.354 e. The van der Waals surface area contributed by atoms with Crippen LogP contribution in [-0.4, -0.2) is 30.4 Å². The minimum Gasteiger partial charge on any atom is -0.261 e. The summed E-state index contributed by atoms with van der Waals surface area (Å²) in [7, 11) is -3.91. The first-order chi connectivity index (χ1) is 14.7. The zero-order valence-corrected chi connectivity index (χ0v) is 21.2. The van der Waals surface area contributed by atoms with Crippen LogP contribution >= 0.6 is 39.0 Å². The molecule has 1 aromatic rings. The zero-order valence-electron chi connectivity index (χ0n) is 17.2. The Kier molecular flexibility index (Phi) is 8.17. The lowest BCUT2D eigenvalue weighted by Gasteiger charge is -2.16. The molecule has 0 unspecified atom stereocenters. The second kappa shape index (κ2) is 10.5. The van der Waals surface area contributed by atoms with Crippen molar-refractivity contribution in [3.8, 4) is 5.69 Å². The molecule has 168 valence electrons. The van der Waals surface area contributed by atoms with E-state index in [-0.39, 0.29) is 17.4 Å². The smallest absolute Gasteiger partial charge is 0.261 e. The minimum atomic E-state index is -3.91. The van der Waals surface area contributed by atoms with Crippen molar-refractivity contribution >= 4 is 54.9 Å². The number of halogens is 2. The predicted molar refractivity (Wildman–Crippen MR) is 128 cm³/mol. The van der Waals surface area contributed by atoms with E-state index in [4.69, 9.17) is 0 Å². The average molecular weight is 549 g/mol. The van der Waals surface area contributed by atoms with Crippen LogP contribution in [0.4, 0.5) is 10.2 Å². The van der Waals surface area contributed by atoms with Crippen molar-refractivity contribution in [2.24, 2.45) is 0 Å². The number of anilines is 1. The number of rotatable bonds is 10. The summed E-state index contributed by atoms with van der Waals surface area (Å²) in [5.74, 6) is 0.825. The van der Waals surface area contributed by atoms with Crippen LogP contribution in [-0.2, 0) is 10.0 Å². The van der Waals surface area contributed by atoms with Gasteiger partial charge in [-0.2, -0.15) is 4.98 Å². The van der Waals surface area contributed by atoms with E-state index in [0.717, 1.165) is 44.3 Å². The van der Waals surface area contributed by atoms with Crippen molar-refractivity contribution in [2.45, 2.75) is 48.6 Å². The Hall–Kier alpha value is -1.43. The summed E-state index contributed by atoms with van der Waals surface area (Å²) in [4.78, 5) is 17.7. The summed E-state index contributed by atoms with van der Waals surface area (Å²) in [6.45, 7) is 3.45. The molecular formula is C20H23BrFN3O3S3. The minimum absolute atomic E-state index is 0.0344. The van der Waals surface area contributed by atoms with Crippen LogP contribution in [0.15, 0.2) is 42.6 Å². The summed E-state index contributed by atoms with van der Waals surface area (Å²) in [5.41, 5.74) is 0.702. The maximum atomic E-state index is 12.9. The highest BCUT2D eigenvalue weighted by Crippen LogP contribution is 2.38. The number of benzene rings is 1. The van der Waals surface area contributed by atoms with E-state index < -0.39 is 15.7 Å². The number of thioether (sulfide) groups is 1. The number of nitrogens with one attached hydrogen (secondary N) is 1. The molecule has 0 saturated carbocycles. The number of nitrogens with zero attached hydrogens (tertiary/aromatic N) is 2. The van der Waals surface area contributed by atoms with Crippen LogP contribution in [0.5, 0.6) is 0 Å². The average Bonchev–Trinajstić information content (AvgIpc) is 3.04. The molecular weight excluding hydrogens is 525 g/mol. The summed E-state index contributed by atoms with van der Waals surface area (Å²) >= 11 is 6.37. The van der Waals surface area contributed by atoms with Crippen molar-refractivity contribution in [1.82, 2.24) is 9.55 Å². The molecule has 0 aromatic heterocycles. The van der Waals surface area contributed by atoms with E-state index in [1.165, 1.54) is 28.0 Å². The molecule has 2 aliphatic rings. The molecule has 0 spiro atoms. The van der Waals surface area contributed by atoms with E-state index >= 15 is 0 Å². The molecule has 3 rings (SSSR count). The molecule has 2 aliphatic heterocycles. The molecule has 0 atom stereocenters. The number of aryl methyl sites for hydroxylation is 1. The number of imidazole rings is 1. The van der Waals surface area contributed by atoms with E-state index in [0.29, 0.717) is 12.1 Å². The molecule has 2 heterocycles. The van der Waals surface area contributed by atoms with Gasteiger partial charge in [-0.15, -0.1) is 23.1 Å². The molecule has 1 aromatic carbocycles. The van der Waals surface area contributed by atoms with Gasteiger partial charge >= 0.3 is 5.69 Å². The topological polar surface area (TPSA) is 81.1 Å². The van der Waals surface area contributed by atoms with E-state index in [1.54, 1.807) is 23.9 Å². The molecule has 6 nitrogen and oxygen atoms in total. The summed E-state index contributed by atoms with van der Waals surface area (Å²) < 4.78 is 43.6.